The summed E-state index contributed by atoms with van der Waals surface area (Å²) in [7, 11) is 1.41. The summed E-state index contributed by atoms with van der Waals surface area (Å²) in [5.74, 6) is -0.218. The van der Waals surface area contributed by atoms with E-state index in [9.17, 15) is 4.79 Å². The Morgan fingerprint density at radius 2 is 2.40 bits per heavy atom. The average Bonchev–Trinajstić information content (AvgIpc) is 2.77. The van der Waals surface area contributed by atoms with Crippen LogP contribution in [-0.2, 0) is 9.53 Å². The van der Waals surface area contributed by atoms with Crippen LogP contribution in [0.5, 0.6) is 0 Å². The van der Waals surface area contributed by atoms with Gasteiger partial charge >= 0.3 is 5.97 Å². The van der Waals surface area contributed by atoms with Gasteiger partial charge in [-0.15, -0.1) is 11.3 Å². The molecule has 0 aliphatic rings. The second kappa shape index (κ2) is 5.88. The molecule has 0 aromatic carbocycles. The monoisotopic (exact) mass is 227 g/mol. The minimum atomic E-state index is -0.262. The van der Waals surface area contributed by atoms with Gasteiger partial charge in [0.1, 0.15) is 6.04 Å². The zero-order chi connectivity index (χ0) is 11.3. The summed E-state index contributed by atoms with van der Waals surface area (Å²) in [6, 6.07) is 4.07. The molecule has 2 unspecified atom stereocenters. The summed E-state index contributed by atoms with van der Waals surface area (Å²) in [4.78, 5) is 12.5. The van der Waals surface area contributed by atoms with Gasteiger partial charge in [0, 0.05) is 10.9 Å². The van der Waals surface area contributed by atoms with E-state index in [1.807, 2.05) is 18.4 Å². The van der Waals surface area contributed by atoms with Crippen molar-refractivity contribution in [2.45, 2.75) is 32.4 Å². The SMILES string of the molecule is CCC(NC(C)C(=O)OC)c1cccs1. The Kier molecular flexibility index (Phi) is 4.78. The number of carbonyl (C=O) groups excluding carboxylic acids is 1. The van der Waals surface area contributed by atoms with Crippen LogP contribution in [0.1, 0.15) is 31.2 Å². The van der Waals surface area contributed by atoms with E-state index in [-0.39, 0.29) is 18.1 Å². The fourth-order valence-corrected chi connectivity index (χ4v) is 2.31. The number of carbonyl (C=O) groups is 1. The molecule has 0 spiro atoms. The van der Waals surface area contributed by atoms with Crippen LogP contribution in [0.25, 0.3) is 0 Å². The molecule has 0 aliphatic carbocycles. The largest absolute Gasteiger partial charge is 0.468 e. The highest BCUT2D eigenvalue weighted by atomic mass is 32.1. The summed E-state index contributed by atoms with van der Waals surface area (Å²) in [5.41, 5.74) is 0. The van der Waals surface area contributed by atoms with E-state index < -0.39 is 0 Å². The molecule has 1 heterocycles. The Morgan fingerprint density at radius 1 is 1.67 bits per heavy atom. The van der Waals surface area contributed by atoms with Gasteiger partial charge in [0.05, 0.1) is 7.11 Å². The van der Waals surface area contributed by atoms with Crippen LogP contribution in [0.15, 0.2) is 17.5 Å². The lowest BCUT2D eigenvalue weighted by molar-refractivity contribution is -0.142. The molecule has 3 nitrogen and oxygen atoms in total. The van der Waals surface area contributed by atoms with Gasteiger partial charge in [0.15, 0.2) is 0 Å². The van der Waals surface area contributed by atoms with Gasteiger partial charge in [-0.1, -0.05) is 13.0 Å². The van der Waals surface area contributed by atoms with E-state index in [0.29, 0.717) is 0 Å². The molecule has 0 radical (unpaired) electrons. The number of methoxy groups -OCH3 is 1. The van der Waals surface area contributed by atoms with Crippen LogP contribution in [0, 0.1) is 0 Å². The molecule has 1 aromatic heterocycles. The Labute approximate surface area is 94.5 Å². The smallest absolute Gasteiger partial charge is 0.322 e. The summed E-state index contributed by atoms with van der Waals surface area (Å²) in [5, 5.41) is 5.30. The molecule has 0 aliphatic heterocycles. The first kappa shape index (κ1) is 12.2. The van der Waals surface area contributed by atoms with Crippen molar-refractivity contribution in [3.05, 3.63) is 22.4 Å². The second-order valence-electron chi connectivity index (χ2n) is 3.39. The van der Waals surface area contributed by atoms with Gasteiger partial charge in [-0.25, -0.2) is 0 Å². The maximum atomic E-state index is 11.3. The Balaban J connectivity index is 2.58. The van der Waals surface area contributed by atoms with Crippen molar-refractivity contribution in [3.63, 3.8) is 0 Å². The summed E-state index contributed by atoms with van der Waals surface area (Å²) in [6.07, 6.45) is 0.960. The summed E-state index contributed by atoms with van der Waals surface area (Å²) in [6.45, 7) is 3.92. The topological polar surface area (TPSA) is 38.3 Å². The first-order chi connectivity index (χ1) is 7.19. The molecule has 2 atom stereocenters. The van der Waals surface area contributed by atoms with Crippen molar-refractivity contribution in [3.8, 4) is 0 Å². The first-order valence-corrected chi connectivity index (χ1v) is 5.94. The number of ether oxygens (including phenoxy) is 1. The van der Waals surface area contributed by atoms with Crippen LogP contribution in [0.4, 0.5) is 0 Å². The van der Waals surface area contributed by atoms with E-state index in [4.69, 9.17) is 0 Å². The van der Waals surface area contributed by atoms with Gasteiger partial charge in [-0.05, 0) is 24.8 Å². The quantitative estimate of drug-likeness (QED) is 0.785. The molecule has 1 aromatic rings. The normalized spacial score (nSPS) is 14.6. The molecule has 4 heteroatoms. The zero-order valence-corrected chi connectivity index (χ0v) is 10.1. The molecule has 0 saturated carbocycles. The average molecular weight is 227 g/mol. The van der Waals surface area contributed by atoms with Crippen LogP contribution >= 0.6 is 11.3 Å². The molecule has 0 bridgehead atoms. The van der Waals surface area contributed by atoms with Gasteiger partial charge in [-0.3, -0.25) is 10.1 Å². The van der Waals surface area contributed by atoms with Crippen molar-refractivity contribution in [1.29, 1.82) is 0 Å². The molecular weight excluding hydrogens is 210 g/mol. The van der Waals surface area contributed by atoms with Crippen LogP contribution in [0.3, 0.4) is 0 Å². The van der Waals surface area contributed by atoms with Gasteiger partial charge in [0.25, 0.3) is 0 Å². The van der Waals surface area contributed by atoms with E-state index in [1.165, 1.54) is 12.0 Å². The lowest BCUT2D eigenvalue weighted by Crippen LogP contribution is -2.37. The van der Waals surface area contributed by atoms with Crippen LogP contribution < -0.4 is 5.32 Å². The Hall–Kier alpha value is -0.870. The lowest BCUT2D eigenvalue weighted by atomic mass is 10.1. The first-order valence-electron chi connectivity index (χ1n) is 5.06. The van der Waals surface area contributed by atoms with Crippen molar-refractivity contribution in [1.82, 2.24) is 5.32 Å². The van der Waals surface area contributed by atoms with Crippen LogP contribution in [-0.4, -0.2) is 19.1 Å². The second-order valence-corrected chi connectivity index (χ2v) is 4.37. The minimum Gasteiger partial charge on any atom is -0.468 e. The van der Waals surface area contributed by atoms with E-state index in [2.05, 4.69) is 23.0 Å². The standard InChI is InChI=1S/C11H17NO2S/c1-4-9(10-6-5-7-15-10)12-8(2)11(13)14-3/h5-9,12H,4H2,1-3H3. The summed E-state index contributed by atoms with van der Waals surface area (Å²) >= 11 is 1.70. The maximum absolute atomic E-state index is 11.3. The highest BCUT2D eigenvalue weighted by Gasteiger charge is 2.18. The van der Waals surface area contributed by atoms with Gasteiger partial charge in [0.2, 0.25) is 0 Å². The minimum absolute atomic E-state index is 0.218. The van der Waals surface area contributed by atoms with Crippen LogP contribution in [0.2, 0.25) is 0 Å². The molecule has 84 valence electrons. The van der Waals surface area contributed by atoms with Crippen molar-refractivity contribution >= 4 is 17.3 Å². The van der Waals surface area contributed by atoms with E-state index >= 15 is 0 Å². The lowest BCUT2D eigenvalue weighted by Gasteiger charge is -2.19. The predicted octanol–water partition coefficient (Wildman–Crippen LogP) is 2.35. The number of rotatable bonds is 5. The molecule has 0 fully saturated rings. The Bertz CT molecular complexity index is 298. The van der Waals surface area contributed by atoms with Gasteiger partial charge < -0.3 is 4.74 Å². The third-order valence-electron chi connectivity index (χ3n) is 2.30. The zero-order valence-electron chi connectivity index (χ0n) is 9.32. The summed E-state index contributed by atoms with van der Waals surface area (Å²) < 4.78 is 4.68. The molecule has 0 saturated heterocycles. The highest BCUT2D eigenvalue weighted by Crippen LogP contribution is 2.22. The fraction of sp³-hybridized carbons (Fsp3) is 0.545. The molecule has 1 rings (SSSR count). The highest BCUT2D eigenvalue weighted by molar-refractivity contribution is 7.10. The maximum Gasteiger partial charge on any atom is 0.322 e. The number of nitrogens with one attached hydrogen (secondary N) is 1. The van der Waals surface area contributed by atoms with Crippen molar-refractivity contribution in [2.24, 2.45) is 0 Å². The van der Waals surface area contributed by atoms with E-state index in [1.54, 1.807) is 11.3 Å². The van der Waals surface area contributed by atoms with Crippen molar-refractivity contribution in [2.75, 3.05) is 7.11 Å². The van der Waals surface area contributed by atoms with Crippen molar-refractivity contribution < 1.29 is 9.53 Å². The molecular formula is C11H17NO2S. The number of hydrogen-bond acceptors (Lipinski definition) is 4. The predicted molar refractivity (Wildman–Crippen MR) is 62.0 cm³/mol. The molecule has 15 heavy (non-hydrogen) atoms. The molecule has 0 amide bonds. The Morgan fingerprint density at radius 3 is 2.87 bits per heavy atom. The number of esters is 1. The van der Waals surface area contributed by atoms with E-state index in [0.717, 1.165) is 6.42 Å². The number of hydrogen-bond donors (Lipinski definition) is 1. The fourth-order valence-electron chi connectivity index (χ4n) is 1.44. The van der Waals surface area contributed by atoms with Gasteiger partial charge in [-0.2, -0.15) is 0 Å². The third kappa shape index (κ3) is 3.32. The number of thiophene rings is 1. The molecule has 1 N–H and O–H groups in total. The third-order valence-corrected chi connectivity index (χ3v) is 3.29.